The number of aromatic nitrogens is 1. The smallest absolute Gasteiger partial charge is 0.0992 e. The average Bonchev–Trinajstić information content (AvgIpc) is 2.38. The van der Waals surface area contributed by atoms with Gasteiger partial charge < -0.3 is 5.32 Å². The topological polar surface area (TPSA) is 48.7 Å². The fraction of sp³-hybridized carbons (Fsp3) is 0.0769. The number of hydrogen-bond donors (Lipinski definition) is 1. The van der Waals surface area contributed by atoms with Crippen LogP contribution in [-0.2, 0) is 6.54 Å². The van der Waals surface area contributed by atoms with Gasteiger partial charge in [0, 0.05) is 24.6 Å². The maximum atomic E-state index is 8.76. The zero-order valence-corrected chi connectivity index (χ0v) is 8.72. The van der Waals surface area contributed by atoms with Gasteiger partial charge in [-0.1, -0.05) is 6.07 Å². The molecule has 0 aliphatic rings. The van der Waals surface area contributed by atoms with Crippen LogP contribution in [0.5, 0.6) is 0 Å². The van der Waals surface area contributed by atoms with E-state index in [0.29, 0.717) is 5.56 Å². The molecule has 0 fully saturated rings. The minimum Gasteiger partial charge on any atom is -0.381 e. The standard InChI is InChI=1S/C13H11N3/c14-9-12-2-1-3-13(8-12)16-10-11-4-6-15-7-5-11/h1-8,16H,10H2. The van der Waals surface area contributed by atoms with Crippen molar-refractivity contribution in [3.05, 3.63) is 59.9 Å². The van der Waals surface area contributed by atoms with E-state index in [4.69, 9.17) is 5.26 Å². The summed E-state index contributed by atoms with van der Waals surface area (Å²) < 4.78 is 0. The third-order valence-electron chi connectivity index (χ3n) is 2.24. The molecule has 78 valence electrons. The molecule has 0 amide bonds. The number of hydrogen-bond acceptors (Lipinski definition) is 3. The Morgan fingerprint density at radius 3 is 2.75 bits per heavy atom. The lowest BCUT2D eigenvalue weighted by atomic mass is 10.2. The second kappa shape index (κ2) is 4.94. The second-order valence-electron chi connectivity index (χ2n) is 3.40. The molecule has 1 aromatic heterocycles. The Balaban J connectivity index is 2.03. The van der Waals surface area contributed by atoms with Gasteiger partial charge in [-0.15, -0.1) is 0 Å². The van der Waals surface area contributed by atoms with E-state index in [1.165, 1.54) is 0 Å². The summed E-state index contributed by atoms with van der Waals surface area (Å²) in [6, 6.07) is 13.5. The zero-order valence-electron chi connectivity index (χ0n) is 8.72. The van der Waals surface area contributed by atoms with Crippen molar-refractivity contribution in [2.45, 2.75) is 6.54 Å². The third kappa shape index (κ3) is 2.58. The van der Waals surface area contributed by atoms with Crippen molar-refractivity contribution in [3.8, 4) is 6.07 Å². The second-order valence-corrected chi connectivity index (χ2v) is 3.40. The van der Waals surface area contributed by atoms with Crippen LogP contribution in [0, 0.1) is 11.3 Å². The van der Waals surface area contributed by atoms with Crippen molar-refractivity contribution < 1.29 is 0 Å². The van der Waals surface area contributed by atoms with Crippen LogP contribution in [0.2, 0.25) is 0 Å². The first-order valence-electron chi connectivity index (χ1n) is 5.01. The summed E-state index contributed by atoms with van der Waals surface area (Å²) in [5, 5.41) is 12.0. The summed E-state index contributed by atoms with van der Waals surface area (Å²) in [4.78, 5) is 3.96. The van der Waals surface area contributed by atoms with Gasteiger partial charge in [0.15, 0.2) is 0 Å². The summed E-state index contributed by atoms with van der Waals surface area (Å²) in [6.07, 6.45) is 3.53. The number of rotatable bonds is 3. The monoisotopic (exact) mass is 209 g/mol. The van der Waals surface area contributed by atoms with Crippen LogP contribution >= 0.6 is 0 Å². The van der Waals surface area contributed by atoms with Gasteiger partial charge in [0.2, 0.25) is 0 Å². The molecule has 0 aliphatic heterocycles. The first kappa shape index (κ1) is 10.2. The molecule has 3 nitrogen and oxygen atoms in total. The highest BCUT2D eigenvalue weighted by atomic mass is 14.9. The minimum atomic E-state index is 0.666. The number of nitriles is 1. The van der Waals surface area contributed by atoms with Crippen molar-refractivity contribution in [1.82, 2.24) is 4.98 Å². The molecule has 1 heterocycles. The Bertz CT molecular complexity index is 500. The first-order chi connectivity index (χ1) is 7.88. The van der Waals surface area contributed by atoms with E-state index in [9.17, 15) is 0 Å². The average molecular weight is 209 g/mol. The van der Waals surface area contributed by atoms with Gasteiger partial charge in [-0.05, 0) is 35.9 Å². The van der Waals surface area contributed by atoms with Crippen LogP contribution in [0.1, 0.15) is 11.1 Å². The van der Waals surface area contributed by atoms with Gasteiger partial charge in [-0.25, -0.2) is 0 Å². The Morgan fingerprint density at radius 2 is 2.00 bits per heavy atom. The third-order valence-corrected chi connectivity index (χ3v) is 2.24. The van der Waals surface area contributed by atoms with Gasteiger partial charge in [0.1, 0.15) is 0 Å². The normalized spacial score (nSPS) is 9.44. The molecule has 0 aliphatic carbocycles. The van der Waals surface area contributed by atoms with E-state index in [2.05, 4.69) is 16.4 Å². The molecule has 0 bridgehead atoms. The first-order valence-corrected chi connectivity index (χ1v) is 5.01. The van der Waals surface area contributed by atoms with Gasteiger partial charge in [0.05, 0.1) is 11.6 Å². The largest absolute Gasteiger partial charge is 0.381 e. The summed E-state index contributed by atoms with van der Waals surface area (Å²) in [5.74, 6) is 0. The lowest BCUT2D eigenvalue weighted by Crippen LogP contribution is -1.99. The van der Waals surface area contributed by atoms with Crippen LogP contribution in [0.15, 0.2) is 48.8 Å². The van der Waals surface area contributed by atoms with Gasteiger partial charge >= 0.3 is 0 Å². The van der Waals surface area contributed by atoms with E-state index in [0.717, 1.165) is 17.8 Å². The maximum Gasteiger partial charge on any atom is 0.0992 e. The molecule has 16 heavy (non-hydrogen) atoms. The highest BCUT2D eigenvalue weighted by Gasteiger charge is 1.95. The van der Waals surface area contributed by atoms with E-state index in [1.807, 2.05) is 30.3 Å². The van der Waals surface area contributed by atoms with Crippen molar-refractivity contribution >= 4 is 5.69 Å². The molecule has 0 saturated carbocycles. The molecule has 0 radical (unpaired) electrons. The highest BCUT2D eigenvalue weighted by Crippen LogP contribution is 2.11. The Kier molecular flexibility index (Phi) is 3.15. The van der Waals surface area contributed by atoms with E-state index >= 15 is 0 Å². The van der Waals surface area contributed by atoms with Crippen LogP contribution < -0.4 is 5.32 Å². The molecular formula is C13H11N3. The maximum absolute atomic E-state index is 8.76. The van der Waals surface area contributed by atoms with Crippen LogP contribution in [-0.4, -0.2) is 4.98 Å². The molecular weight excluding hydrogens is 198 g/mol. The van der Waals surface area contributed by atoms with Gasteiger partial charge in [-0.2, -0.15) is 5.26 Å². The number of anilines is 1. The summed E-state index contributed by atoms with van der Waals surface area (Å²) in [6.45, 7) is 0.734. The van der Waals surface area contributed by atoms with Crippen LogP contribution in [0.25, 0.3) is 0 Å². The van der Waals surface area contributed by atoms with E-state index < -0.39 is 0 Å². The van der Waals surface area contributed by atoms with Crippen molar-refractivity contribution in [2.24, 2.45) is 0 Å². The van der Waals surface area contributed by atoms with Gasteiger partial charge in [-0.3, -0.25) is 4.98 Å². The van der Waals surface area contributed by atoms with Crippen molar-refractivity contribution in [3.63, 3.8) is 0 Å². The number of pyridine rings is 1. The molecule has 0 spiro atoms. The fourth-order valence-electron chi connectivity index (χ4n) is 1.40. The number of nitrogens with zero attached hydrogens (tertiary/aromatic N) is 2. The van der Waals surface area contributed by atoms with E-state index in [-0.39, 0.29) is 0 Å². The highest BCUT2D eigenvalue weighted by molar-refractivity contribution is 5.49. The summed E-state index contributed by atoms with van der Waals surface area (Å²) >= 11 is 0. The Morgan fingerprint density at radius 1 is 1.19 bits per heavy atom. The van der Waals surface area contributed by atoms with Crippen molar-refractivity contribution in [1.29, 1.82) is 5.26 Å². The lowest BCUT2D eigenvalue weighted by molar-refractivity contribution is 1.13. The Hall–Kier alpha value is -2.34. The number of benzene rings is 1. The zero-order chi connectivity index (χ0) is 11.2. The molecule has 1 N–H and O–H groups in total. The fourth-order valence-corrected chi connectivity index (χ4v) is 1.40. The molecule has 2 rings (SSSR count). The van der Waals surface area contributed by atoms with Crippen molar-refractivity contribution in [2.75, 3.05) is 5.32 Å². The molecule has 0 saturated heterocycles. The molecule has 2 aromatic rings. The molecule has 3 heteroatoms. The SMILES string of the molecule is N#Cc1cccc(NCc2ccncc2)c1. The van der Waals surface area contributed by atoms with E-state index in [1.54, 1.807) is 18.5 Å². The van der Waals surface area contributed by atoms with Crippen LogP contribution in [0.4, 0.5) is 5.69 Å². The van der Waals surface area contributed by atoms with Gasteiger partial charge in [0.25, 0.3) is 0 Å². The summed E-state index contributed by atoms with van der Waals surface area (Å²) in [5.41, 5.74) is 2.79. The lowest BCUT2D eigenvalue weighted by Gasteiger charge is -2.06. The number of nitrogens with one attached hydrogen (secondary N) is 1. The predicted octanol–water partition coefficient (Wildman–Crippen LogP) is 2.57. The van der Waals surface area contributed by atoms with Crippen LogP contribution in [0.3, 0.4) is 0 Å². The predicted molar refractivity (Wildman–Crippen MR) is 62.7 cm³/mol. The molecule has 0 unspecified atom stereocenters. The molecule has 0 atom stereocenters. The summed E-state index contributed by atoms with van der Waals surface area (Å²) in [7, 11) is 0. The molecule has 1 aromatic carbocycles. The Labute approximate surface area is 94.4 Å². The minimum absolute atomic E-state index is 0.666. The quantitative estimate of drug-likeness (QED) is 0.845.